The van der Waals surface area contributed by atoms with Crippen molar-refractivity contribution in [3.8, 4) is 0 Å². The van der Waals surface area contributed by atoms with Gasteiger partial charge in [-0.05, 0) is 52.2 Å². The van der Waals surface area contributed by atoms with Gasteiger partial charge in [-0.15, -0.1) is 12.4 Å². The van der Waals surface area contributed by atoms with E-state index in [9.17, 15) is 4.79 Å². The number of nitrogens with zero attached hydrogens (tertiary/aromatic N) is 2. The van der Waals surface area contributed by atoms with E-state index < -0.39 is 0 Å². The topological polar surface area (TPSA) is 49.6 Å². The third-order valence-electron chi connectivity index (χ3n) is 4.41. The van der Waals surface area contributed by atoms with E-state index in [0.29, 0.717) is 11.9 Å². The van der Waals surface area contributed by atoms with Crippen LogP contribution in [0.25, 0.3) is 0 Å². The molecule has 1 amide bonds. The first kappa shape index (κ1) is 15.7. The Bertz CT molecular complexity index is 279. The number of carbonyl (C=O) groups is 1. The molecule has 1 saturated heterocycles. The summed E-state index contributed by atoms with van der Waals surface area (Å²) in [5.41, 5.74) is 5.88. The van der Waals surface area contributed by atoms with Crippen molar-refractivity contribution in [3.63, 3.8) is 0 Å². The second-order valence-corrected chi connectivity index (χ2v) is 5.75. The van der Waals surface area contributed by atoms with Crippen molar-refractivity contribution in [2.75, 3.05) is 27.2 Å². The molecular formula is C13H26ClN3O. The fraction of sp³-hybridized carbons (Fsp3) is 0.923. The molecule has 0 aromatic rings. The normalized spacial score (nSPS) is 29.9. The van der Waals surface area contributed by atoms with Crippen LogP contribution in [0.5, 0.6) is 0 Å². The zero-order chi connectivity index (χ0) is 12.4. The van der Waals surface area contributed by atoms with Crippen molar-refractivity contribution in [3.05, 3.63) is 0 Å². The number of rotatable bonds is 2. The number of piperidine rings is 1. The molecule has 0 bridgehead atoms. The Morgan fingerprint density at radius 1 is 1.22 bits per heavy atom. The second-order valence-electron chi connectivity index (χ2n) is 5.75. The zero-order valence-electron chi connectivity index (χ0n) is 11.5. The van der Waals surface area contributed by atoms with Gasteiger partial charge < -0.3 is 15.5 Å². The molecule has 106 valence electrons. The van der Waals surface area contributed by atoms with Crippen LogP contribution in [0.4, 0.5) is 0 Å². The van der Waals surface area contributed by atoms with E-state index in [0.717, 1.165) is 45.2 Å². The highest BCUT2D eigenvalue weighted by Gasteiger charge is 2.32. The molecule has 0 radical (unpaired) electrons. The van der Waals surface area contributed by atoms with Gasteiger partial charge in [0.25, 0.3) is 0 Å². The van der Waals surface area contributed by atoms with Crippen LogP contribution in [0.2, 0.25) is 0 Å². The van der Waals surface area contributed by atoms with Gasteiger partial charge >= 0.3 is 0 Å². The quantitative estimate of drug-likeness (QED) is 0.821. The van der Waals surface area contributed by atoms with Gasteiger partial charge in [0.05, 0.1) is 0 Å². The van der Waals surface area contributed by atoms with Gasteiger partial charge in [-0.1, -0.05) is 0 Å². The fourth-order valence-corrected chi connectivity index (χ4v) is 3.09. The van der Waals surface area contributed by atoms with Crippen LogP contribution in [-0.2, 0) is 4.79 Å². The van der Waals surface area contributed by atoms with Gasteiger partial charge in [-0.2, -0.15) is 0 Å². The van der Waals surface area contributed by atoms with Crippen LogP contribution in [0.15, 0.2) is 0 Å². The summed E-state index contributed by atoms with van der Waals surface area (Å²) >= 11 is 0. The van der Waals surface area contributed by atoms with E-state index in [1.165, 1.54) is 0 Å². The average Bonchev–Trinajstić information content (AvgIpc) is 2.75. The number of likely N-dealkylation sites (tertiary alicyclic amines) is 1. The van der Waals surface area contributed by atoms with Crippen molar-refractivity contribution in [2.45, 2.75) is 44.2 Å². The lowest BCUT2D eigenvalue weighted by molar-refractivity contribution is -0.137. The highest BCUT2D eigenvalue weighted by Crippen LogP contribution is 2.27. The molecule has 4 nitrogen and oxygen atoms in total. The number of amides is 1. The second kappa shape index (κ2) is 6.73. The summed E-state index contributed by atoms with van der Waals surface area (Å²) < 4.78 is 0. The Balaban J connectivity index is 0.00000162. The molecule has 1 saturated carbocycles. The maximum Gasteiger partial charge on any atom is 0.225 e. The molecule has 1 heterocycles. The van der Waals surface area contributed by atoms with Crippen molar-refractivity contribution in [1.82, 2.24) is 9.80 Å². The average molecular weight is 276 g/mol. The third kappa shape index (κ3) is 3.59. The fourth-order valence-electron chi connectivity index (χ4n) is 3.09. The molecule has 1 aliphatic carbocycles. The molecule has 2 aliphatic rings. The highest BCUT2D eigenvalue weighted by atomic mass is 35.5. The predicted molar refractivity (Wildman–Crippen MR) is 75.9 cm³/mol. The van der Waals surface area contributed by atoms with Crippen LogP contribution in [-0.4, -0.2) is 55.0 Å². The van der Waals surface area contributed by atoms with Crippen LogP contribution in [0.1, 0.15) is 32.1 Å². The number of nitrogens with two attached hydrogens (primary N) is 1. The predicted octanol–water partition coefficient (Wildman–Crippen LogP) is 1.09. The maximum absolute atomic E-state index is 12.3. The molecule has 1 aliphatic heterocycles. The first-order valence-corrected chi connectivity index (χ1v) is 6.78. The Kier molecular flexibility index (Phi) is 5.89. The minimum absolute atomic E-state index is 0. The van der Waals surface area contributed by atoms with Crippen molar-refractivity contribution >= 4 is 18.3 Å². The number of halogens is 1. The van der Waals surface area contributed by atoms with Crippen LogP contribution >= 0.6 is 12.4 Å². The molecule has 2 fully saturated rings. The summed E-state index contributed by atoms with van der Waals surface area (Å²) in [6.07, 6.45) is 5.10. The highest BCUT2D eigenvalue weighted by molar-refractivity contribution is 5.85. The Labute approximate surface area is 116 Å². The van der Waals surface area contributed by atoms with Gasteiger partial charge in [0.1, 0.15) is 0 Å². The summed E-state index contributed by atoms with van der Waals surface area (Å²) in [5.74, 6) is 0.516. The van der Waals surface area contributed by atoms with Gasteiger partial charge in [0.2, 0.25) is 5.91 Å². The molecule has 18 heavy (non-hydrogen) atoms. The van der Waals surface area contributed by atoms with Crippen LogP contribution in [0.3, 0.4) is 0 Å². The monoisotopic (exact) mass is 275 g/mol. The van der Waals surface area contributed by atoms with Gasteiger partial charge in [-0.25, -0.2) is 0 Å². The van der Waals surface area contributed by atoms with Gasteiger partial charge in [0.15, 0.2) is 0 Å². The van der Waals surface area contributed by atoms with Crippen molar-refractivity contribution in [1.29, 1.82) is 0 Å². The molecule has 0 spiro atoms. The van der Waals surface area contributed by atoms with E-state index in [-0.39, 0.29) is 24.4 Å². The van der Waals surface area contributed by atoms with Crippen molar-refractivity contribution < 1.29 is 4.79 Å². The third-order valence-corrected chi connectivity index (χ3v) is 4.41. The lowest BCUT2D eigenvalue weighted by Crippen LogP contribution is -2.46. The number of carbonyl (C=O) groups excluding carboxylic acids is 1. The SMILES string of the molecule is CN1CCC(N(C)C(=O)C2CCC(N)C2)CC1.Cl. The first-order chi connectivity index (χ1) is 8.08. The smallest absolute Gasteiger partial charge is 0.225 e. The summed E-state index contributed by atoms with van der Waals surface area (Å²) in [7, 11) is 4.12. The summed E-state index contributed by atoms with van der Waals surface area (Å²) in [5, 5.41) is 0. The van der Waals surface area contributed by atoms with Gasteiger partial charge in [-0.3, -0.25) is 4.79 Å². The Morgan fingerprint density at radius 2 is 1.83 bits per heavy atom. The zero-order valence-corrected chi connectivity index (χ0v) is 12.3. The standard InChI is InChI=1S/C13H25N3O.ClH/c1-15-7-5-12(6-8-15)16(2)13(17)10-3-4-11(14)9-10;/h10-12H,3-9,14H2,1-2H3;1H. The van der Waals surface area contributed by atoms with E-state index in [4.69, 9.17) is 5.73 Å². The molecule has 2 N–H and O–H groups in total. The maximum atomic E-state index is 12.3. The summed E-state index contributed by atoms with van der Waals surface area (Å²) in [4.78, 5) is 16.7. The molecule has 0 aromatic heterocycles. The van der Waals surface area contributed by atoms with E-state index in [1.54, 1.807) is 0 Å². The van der Waals surface area contributed by atoms with E-state index >= 15 is 0 Å². The van der Waals surface area contributed by atoms with Crippen molar-refractivity contribution in [2.24, 2.45) is 11.7 Å². The molecule has 2 atom stereocenters. The first-order valence-electron chi connectivity index (χ1n) is 6.78. The van der Waals surface area contributed by atoms with Crippen LogP contribution < -0.4 is 5.73 Å². The minimum Gasteiger partial charge on any atom is -0.342 e. The van der Waals surface area contributed by atoms with E-state index in [1.807, 2.05) is 11.9 Å². The Hall–Kier alpha value is -0.320. The number of hydrogen-bond acceptors (Lipinski definition) is 3. The largest absolute Gasteiger partial charge is 0.342 e. The molecule has 2 rings (SSSR count). The van der Waals surface area contributed by atoms with Crippen LogP contribution in [0, 0.1) is 5.92 Å². The lowest BCUT2D eigenvalue weighted by Gasteiger charge is -2.36. The minimum atomic E-state index is 0. The summed E-state index contributed by atoms with van der Waals surface area (Å²) in [6, 6.07) is 0.686. The van der Waals surface area contributed by atoms with E-state index in [2.05, 4.69) is 11.9 Å². The molecule has 0 aromatic carbocycles. The lowest BCUT2D eigenvalue weighted by atomic mass is 10.0. The molecular weight excluding hydrogens is 250 g/mol. The molecule has 5 heteroatoms. The number of hydrogen-bond donors (Lipinski definition) is 1. The van der Waals surface area contributed by atoms with Gasteiger partial charge in [0, 0.05) is 25.0 Å². The summed E-state index contributed by atoms with van der Waals surface area (Å²) in [6.45, 7) is 2.21. The molecule has 2 unspecified atom stereocenters. The Morgan fingerprint density at radius 3 is 2.33 bits per heavy atom.